The Hall–Kier alpha value is -2.04. The Morgan fingerprint density at radius 3 is 2.11 bits per heavy atom. The highest BCUT2D eigenvalue weighted by Crippen LogP contribution is 2.49. The first-order valence-electron chi connectivity index (χ1n) is 10.3. The molecule has 1 aromatic rings. The van der Waals surface area contributed by atoms with Crippen LogP contribution in [0.4, 0.5) is 5.69 Å². The molecule has 1 aliphatic heterocycles. The minimum Gasteiger partial charge on any atom is -0.481 e. The lowest BCUT2D eigenvalue weighted by Crippen LogP contribution is -2.58. The SMILES string of the molecule is Cc1ccc(N2CCN(C(=O)[C@H]3C4CCC(CC4)[C@@H]3C(=O)O)C[C@@H]2C)cc1. The van der Waals surface area contributed by atoms with Crippen molar-refractivity contribution in [3.05, 3.63) is 29.8 Å². The molecule has 1 N–H and O–H groups in total. The van der Waals surface area contributed by atoms with Crippen LogP contribution < -0.4 is 4.90 Å². The Morgan fingerprint density at radius 1 is 0.963 bits per heavy atom. The van der Waals surface area contributed by atoms with Gasteiger partial charge < -0.3 is 14.9 Å². The summed E-state index contributed by atoms with van der Waals surface area (Å²) in [7, 11) is 0. The fraction of sp³-hybridized carbons (Fsp3) is 0.636. The van der Waals surface area contributed by atoms with E-state index in [1.807, 2.05) is 4.90 Å². The maximum absolute atomic E-state index is 13.3. The molecular weight excluding hydrogens is 340 g/mol. The van der Waals surface area contributed by atoms with Crippen molar-refractivity contribution in [3.63, 3.8) is 0 Å². The number of fused-ring (bicyclic) bond motifs is 3. The molecule has 3 aliphatic carbocycles. The fourth-order valence-corrected chi connectivity index (χ4v) is 5.65. The van der Waals surface area contributed by atoms with Crippen LogP contribution in [-0.4, -0.2) is 47.6 Å². The minimum absolute atomic E-state index is 0.0900. The smallest absolute Gasteiger partial charge is 0.307 e. The second kappa shape index (κ2) is 7.17. The van der Waals surface area contributed by atoms with Crippen LogP contribution in [0.25, 0.3) is 0 Å². The van der Waals surface area contributed by atoms with Crippen LogP contribution in [0.3, 0.4) is 0 Å². The minimum atomic E-state index is -0.769. The molecule has 5 rings (SSSR count). The molecule has 3 saturated carbocycles. The average molecular weight is 370 g/mol. The molecular formula is C22H30N2O3. The summed E-state index contributed by atoms with van der Waals surface area (Å²) in [5.41, 5.74) is 2.44. The number of carbonyl (C=O) groups excluding carboxylic acids is 1. The third kappa shape index (κ3) is 3.32. The van der Waals surface area contributed by atoms with Crippen LogP contribution >= 0.6 is 0 Å². The fourth-order valence-electron chi connectivity index (χ4n) is 5.65. The second-order valence-corrected chi connectivity index (χ2v) is 8.73. The molecule has 1 saturated heterocycles. The molecule has 1 heterocycles. The van der Waals surface area contributed by atoms with Crippen molar-refractivity contribution in [3.8, 4) is 0 Å². The van der Waals surface area contributed by atoms with E-state index >= 15 is 0 Å². The van der Waals surface area contributed by atoms with Crippen molar-refractivity contribution in [1.82, 2.24) is 4.90 Å². The van der Waals surface area contributed by atoms with Gasteiger partial charge in [-0.2, -0.15) is 0 Å². The topological polar surface area (TPSA) is 60.9 Å². The van der Waals surface area contributed by atoms with Gasteiger partial charge in [0, 0.05) is 31.4 Å². The van der Waals surface area contributed by atoms with E-state index in [1.54, 1.807) is 0 Å². The Balaban J connectivity index is 1.47. The number of hydrogen-bond donors (Lipinski definition) is 1. The van der Waals surface area contributed by atoms with Crippen molar-refractivity contribution in [2.24, 2.45) is 23.7 Å². The number of carbonyl (C=O) groups is 2. The zero-order chi connectivity index (χ0) is 19.1. The van der Waals surface area contributed by atoms with Gasteiger partial charge in [-0.3, -0.25) is 9.59 Å². The number of carboxylic acid groups (broad SMARTS) is 1. The molecule has 0 spiro atoms. The molecule has 0 aromatic heterocycles. The van der Waals surface area contributed by atoms with E-state index < -0.39 is 11.9 Å². The average Bonchev–Trinajstić information content (AvgIpc) is 2.68. The predicted molar refractivity (Wildman–Crippen MR) is 105 cm³/mol. The van der Waals surface area contributed by atoms with Gasteiger partial charge in [0.1, 0.15) is 0 Å². The molecule has 5 heteroatoms. The van der Waals surface area contributed by atoms with E-state index in [0.29, 0.717) is 13.1 Å². The van der Waals surface area contributed by atoms with Crippen LogP contribution in [0.15, 0.2) is 24.3 Å². The summed E-state index contributed by atoms with van der Waals surface area (Å²) in [5.74, 6) is -1.02. The van der Waals surface area contributed by atoms with Gasteiger partial charge in [0.15, 0.2) is 0 Å². The summed E-state index contributed by atoms with van der Waals surface area (Å²) >= 11 is 0. The first-order chi connectivity index (χ1) is 13.0. The molecule has 4 aliphatic rings. The monoisotopic (exact) mass is 370 g/mol. The third-order valence-corrected chi connectivity index (χ3v) is 7.09. The maximum Gasteiger partial charge on any atom is 0.307 e. The molecule has 5 nitrogen and oxygen atoms in total. The number of benzene rings is 1. The van der Waals surface area contributed by atoms with E-state index in [4.69, 9.17) is 0 Å². The van der Waals surface area contributed by atoms with Gasteiger partial charge in [0.25, 0.3) is 0 Å². The highest BCUT2D eigenvalue weighted by molar-refractivity contribution is 5.86. The first-order valence-corrected chi connectivity index (χ1v) is 10.3. The van der Waals surface area contributed by atoms with Crippen molar-refractivity contribution >= 4 is 17.6 Å². The van der Waals surface area contributed by atoms with Crippen LogP contribution in [0.5, 0.6) is 0 Å². The summed E-state index contributed by atoms with van der Waals surface area (Å²) < 4.78 is 0. The summed E-state index contributed by atoms with van der Waals surface area (Å²) in [6.07, 6.45) is 3.99. The number of carboxylic acids is 1. The molecule has 0 radical (unpaired) electrons. The van der Waals surface area contributed by atoms with Gasteiger partial charge in [-0.05, 0) is 63.5 Å². The van der Waals surface area contributed by atoms with Crippen LogP contribution in [-0.2, 0) is 9.59 Å². The maximum atomic E-state index is 13.3. The Morgan fingerprint density at radius 2 is 1.56 bits per heavy atom. The normalized spacial score (nSPS) is 33.2. The molecule has 146 valence electrons. The predicted octanol–water partition coefficient (Wildman–Crippen LogP) is 3.17. The van der Waals surface area contributed by atoms with Gasteiger partial charge in [-0.25, -0.2) is 0 Å². The zero-order valence-electron chi connectivity index (χ0n) is 16.3. The zero-order valence-corrected chi connectivity index (χ0v) is 16.3. The van der Waals surface area contributed by atoms with Gasteiger partial charge >= 0.3 is 5.97 Å². The van der Waals surface area contributed by atoms with E-state index in [2.05, 4.69) is 43.0 Å². The molecule has 0 unspecified atom stereocenters. The van der Waals surface area contributed by atoms with Crippen molar-refractivity contribution in [2.45, 2.75) is 45.6 Å². The lowest BCUT2D eigenvalue weighted by atomic mass is 9.58. The van der Waals surface area contributed by atoms with Gasteiger partial charge in [0.2, 0.25) is 5.91 Å². The molecule has 1 amide bonds. The van der Waals surface area contributed by atoms with Crippen molar-refractivity contribution in [2.75, 3.05) is 24.5 Å². The van der Waals surface area contributed by atoms with Gasteiger partial charge in [-0.15, -0.1) is 0 Å². The summed E-state index contributed by atoms with van der Waals surface area (Å²) in [6.45, 7) is 6.39. The Kier molecular flexibility index (Phi) is 4.87. The van der Waals surface area contributed by atoms with Crippen LogP contribution in [0, 0.1) is 30.6 Å². The number of amides is 1. The summed E-state index contributed by atoms with van der Waals surface area (Å²) in [5, 5.41) is 9.76. The van der Waals surface area contributed by atoms with Crippen molar-refractivity contribution in [1.29, 1.82) is 0 Å². The Bertz CT molecular complexity index is 709. The van der Waals surface area contributed by atoms with Gasteiger partial charge in [0.05, 0.1) is 11.8 Å². The third-order valence-electron chi connectivity index (χ3n) is 7.09. The van der Waals surface area contributed by atoms with E-state index in [0.717, 1.165) is 32.2 Å². The number of anilines is 1. The number of aliphatic carboxylic acids is 1. The quantitative estimate of drug-likeness (QED) is 0.888. The van der Waals surface area contributed by atoms with Crippen LogP contribution in [0.1, 0.15) is 38.2 Å². The largest absolute Gasteiger partial charge is 0.481 e. The number of aryl methyl sites for hydroxylation is 1. The standard InChI is InChI=1S/C22H30N2O3/c1-14-3-9-18(10-4-14)24-12-11-23(13-15(24)2)21(25)19-16-5-7-17(8-6-16)20(19)22(26)27/h3-4,9-10,15-17,19-20H,5-8,11-13H2,1-2H3,(H,26,27)/t15-,16?,17?,19-,20-/m0/s1. The van der Waals surface area contributed by atoms with Gasteiger partial charge in [-0.1, -0.05) is 17.7 Å². The van der Waals surface area contributed by atoms with Crippen molar-refractivity contribution < 1.29 is 14.7 Å². The van der Waals surface area contributed by atoms with E-state index in [9.17, 15) is 14.7 Å². The summed E-state index contributed by atoms with van der Waals surface area (Å²) in [4.78, 5) is 29.5. The number of nitrogens with zero attached hydrogens (tertiary/aromatic N) is 2. The van der Waals surface area contributed by atoms with Crippen LogP contribution in [0.2, 0.25) is 0 Å². The van der Waals surface area contributed by atoms with E-state index in [-0.39, 0.29) is 29.7 Å². The molecule has 27 heavy (non-hydrogen) atoms. The lowest BCUT2D eigenvalue weighted by molar-refractivity contribution is -0.162. The number of rotatable bonds is 3. The first kappa shape index (κ1) is 18.3. The molecule has 4 fully saturated rings. The number of piperazine rings is 1. The highest BCUT2D eigenvalue weighted by atomic mass is 16.4. The summed E-state index contributed by atoms with van der Waals surface area (Å²) in [6, 6.07) is 8.76. The second-order valence-electron chi connectivity index (χ2n) is 8.73. The molecule has 1 aromatic carbocycles. The number of hydrogen-bond acceptors (Lipinski definition) is 3. The van der Waals surface area contributed by atoms with E-state index in [1.165, 1.54) is 11.3 Å². The Labute approximate surface area is 161 Å². The molecule has 2 bridgehead atoms. The lowest BCUT2D eigenvalue weighted by Gasteiger charge is -2.49. The molecule has 3 atom stereocenters. The highest BCUT2D eigenvalue weighted by Gasteiger charge is 2.51.